The highest BCUT2D eigenvalue weighted by atomic mass is 15.2. The van der Waals surface area contributed by atoms with E-state index in [0.717, 1.165) is 6.42 Å². The van der Waals surface area contributed by atoms with Gasteiger partial charge in [-0.25, -0.2) is 0 Å². The Labute approximate surface area is 85.3 Å². The van der Waals surface area contributed by atoms with Gasteiger partial charge in [-0.15, -0.1) is 0 Å². The van der Waals surface area contributed by atoms with Gasteiger partial charge in [-0.3, -0.25) is 4.68 Å². The molecule has 0 bridgehead atoms. The summed E-state index contributed by atoms with van der Waals surface area (Å²) in [4.78, 5) is 0. The highest BCUT2D eigenvalue weighted by Crippen LogP contribution is 2.39. The molecule has 1 saturated carbocycles. The van der Waals surface area contributed by atoms with Gasteiger partial charge in [0.2, 0.25) is 0 Å². The van der Waals surface area contributed by atoms with Crippen molar-refractivity contribution in [3.63, 3.8) is 0 Å². The van der Waals surface area contributed by atoms with Gasteiger partial charge in [0.1, 0.15) is 0 Å². The van der Waals surface area contributed by atoms with Crippen molar-refractivity contribution in [1.29, 1.82) is 0 Å². The van der Waals surface area contributed by atoms with Crippen molar-refractivity contribution in [2.45, 2.75) is 38.6 Å². The summed E-state index contributed by atoms with van der Waals surface area (Å²) in [6.45, 7) is 4.35. The largest absolute Gasteiger partial charge is 0.327 e. The second kappa shape index (κ2) is 3.39. The first-order chi connectivity index (χ1) is 6.59. The molecule has 0 aromatic carbocycles. The zero-order valence-corrected chi connectivity index (χ0v) is 9.20. The molecular weight excluding hydrogens is 174 g/mol. The molecule has 3 atom stereocenters. The van der Waals surface area contributed by atoms with E-state index in [1.165, 1.54) is 17.7 Å². The molecular formula is C11H19N3. The Bertz CT molecular complexity index is 329. The Hall–Kier alpha value is -0.830. The average molecular weight is 193 g/mol. The summed E-state index contributed by atoms with van der Waals surface area (Å²) >= 11 is 0. The molecule has 3 heteroatoms. The predicted octanol–water partition coefficient (Wildman–Crippen LogP) is 1.57. The highest BCUT2D eigenvalue weighted by Gasteiger charge is 2.32. The van der Waals surface area contributed by atoms with E-state index in [2.05, 4.69) is 25.1 Å². The number of nitrogens with zero attached hydrogens (tertiary/aromatic N) is 2. The average Bonchev–Trinajstić information content (AvgIpc) is 2.59. The van der Waals surface area contributed by atoms with Crippen LogP contribution in [0.25, 0.3) is 0 Å². The molecule has 0 spiro atoms. The monoisotopic (exact) mass is 193 g/mol. The number of hydrogen-bond acceptors (Lipinski definition) is 2. The van der Waals surface area contributed by atoms with Crippen LogP contribution in [0.2, 0.25) is 0 Å². The summed E-state index contributed by atoms with van der Waals surface area (Å²) in [5.41, 5.74) is 8.60. The molecule has 1 aliphatic carbocycles. The van der Waals surface area contributed by atoms with E-state index in [1.807, 2.05) is 11.7 Å². The van der Waals surface area contributed by atoms with E-state index >= 15 is 0 Å². The molecule has 3 nitrogen and oxygen atoms in total. The molecule has 1 heterocycles. The number of rotatable bonds is 1. The molecule has 0 aliphatic heterocycles. The molecule has 2 rings (SSSR count). The summed E-state index contributed by atoms with van der Waals surface area (Å²) in [7, 11) is 1.98. The third kappa shape index (κ3) is 1.46. The third-order valence-electron chi connectivity index (χ3n) is 3.57. The lowest BCUT2D eigenvalue weighted by Crippen LogP contribution is -2.24. The van der Waals surface area contributed by atoms with Crippen molar-refractivity contribution in [3.05, 3.63) is 17.5 Å². The molecule has 1 aromatic rings. The Kier molecular flexibility index (Phi) is 2.35. The smallest absolute Gasteiger partial charge is 0.0628 e. The quantitative estimate of drug-likeness (QED) is 0.735. The van der Waals surface area contributed by atoms with Crippen molar-refractivity contribution in [2.75, 3.05) is 0 Å². The maximum absolute atomic E-state index is 6.04. The fourth-order valence-electron chi connectivity index (χ4n) is 2.62. The van der Waals surface area contributed by atoms with E-state index < -0.39 is 0 Å². The Morgan fingerprint density at radius 1 is 1.50 bits per heavy atom. The first-order valence-corrected chi connectivity index (χ1v) is 5.35. The Morgan fingerprint density at radius 2 is 2.21 bits per heavy atom. The van der Waals surface area contributed by atoms with E-state index in [0.29, 0.717) is 17.9 Å². The lowest BCUT2D eigenvalue weighted by atomic mass is 9.89. The van der Waals surface area contributed by atoms with Crippen LogP contribution in [0.3, 0.4) is 0 Å². The minimum atomic E-state index is 0.375. The normalized spacial score (nSPS) is 32.4. The van der Waals surface area contributed by atoms with Crippen molar-refractivity contribution in [3.8, 4) is 0 Å². The van der Waals surface area contributed by atoms with Crippen LogP contribution >= 0.6 is 0 Å². The Balaban J connectivity index is 2.27. The van der Waals surface area contributed by atoms with Crippen LogP contribution in [0.1, 0.15) is 36.9 Å². The summed E-state index contributed by atoms with van der Waals surface area (Å²) in [6, 6.07) is 0.375. The maximum atomic E-state index is 6.04. The van der Waals surface area contributed by atoms with Crippen molar-refractivity contribution in [1.82, 2.24) is 9.78 Å². The SMILES string of the molecule is Cc1nn(C)cc1C1CCC(N)C1C. The summed E-state index contributed by atoms with van der Waals surface area (Å²) in [5, 5.41) is 4.39. The van der Waals surface area contributed by atoms with Crippen molar-refractivity contribution < 1.29 is 0 Å². The van der Waals surface area contributed by atoms with Gasteiger partial charge in [0.05, 0.1) is 5.69 Å². The number of nitrogens with two attached hydrogens (primary N) is 1. The fraction of sp³-hybridized carbons (Fsp3) is 0.727. The lowest BCUT2D eigenvalue weighted by molar-refractivity contribution is 0.478. The lowest BCUT2D eigenvalue weighted by Gasteiger charge is -2.17. The van der Waals surface area contributed by atoms with E-state index in [1.54, 1.807) is 0 Å². The standard InChI is InChI=1S/C11H19N3/c1-7-9(4-5-11(7)12)10-6-14(3)13-8(10)2/h6-7,9,11H,4-5,12H2,1-3H3. The van der Waals surface area contributed by atoms with Gasteiger partial charge in [0.25, 0.3) is 0 Å². The second-order valence-corrected chi connectivity index (χ2v) is 4.55. The predicted molar refractivity (Wildman–Crippen MR) is 57.1 cm³/mol. The number of aromatic nitrogens is 2. The summed E-state index contributed by atoms with van der Waals surface area (Å²) in [5.74, 6) is 1.22. The summed E-state index contributed by atoms with van der Waals surface area (Å²) in [6.07, 6.45) is 4.52. The highest BCUT2D eigenvalue weighted by molar-refractivity contribution is 5.23. The molecule has 0 radical (unpaired) electrons. The van der Waals surface area contributed by atoms with Gasteiger partial charge < -0.3 is 5.73 Å². The van der Waals surface area contributed by atoms with Gasteiger partial charge in [0, 0.05) is 19.3 Å². The summed E-state index contributed by atoms with van der Waals surface area (Å²) < 4.78 is 1.90. The topological polar surface area (TPSA) is 43.8 Å². The van der Waals surface area contributed by atoms with Crippen LogP contribution in [0.5, 0.6) is 0 Å². The molecule has 78 valence electrons. The van der Waals surface area contributed by atoms with Crippen LogP contribution in [0.15, 0.2) is 6.20 Å². The fourth-order valence-corrected chi connectivity index (χ4v) is 2.62. The maximum Gasteiger partial charge on any atom is 0.0628 e. The van der Waals surface area contributed by atoms with E-state index in [-0.39, 0.29) is 0 Å². The first kappa shape index (κ1) is 9.71. The van der Waals surface area contributed by atoms with Crippen LogP contribution in [-0.2, 0) is 7.05 Å². The molecule has 1 fully saturated rings. The molecule has 0 saturated heterocycles. The Morgan fingerprint density at radius 3 is 2.64 bits per heavy atom. The van der Waals surface area contributed by atoms with Gasteiger partial charge in [-0.1, -0.05) is 6.92 Å². The van der Waals surface area contributed by atoms with Crippen LogP contribution < -0.4 is 5.73 Å². The molecule has 0 amide bonds. The first-order valence-electron chi connectivity index (χ1n) is 5.35. The van der Waals surface area contributed by atoms with Crippen LogP contribution in [-0.4, -0.2) is 15.8 Å². The van der Waals surface area contributed by atoms with Gasteiger partial charge in [-0.2, -0.15) is 5.10 Å². The van der Waals surface area contributed by atoms with E-state index in [4.69, 9.17) is 5.73 Å². The van der Waals surface area contributed by atoms with Crippen LogP contribution in [0.4, 0.5) is 0 Å². The van der Waals surface area contributed by atoms with Gasteiger partial charge >= 0.3 is 0 Å². The number of aryl methyl sites for hydroxylation is 2. The molecule has 2 N–H and O–H groups in total. The van der Waals surface area contributed by atoms with Crippen LogP contribution in [0, 0.1) is 12.8 Å². The van der Waals surface area contributed by atoms with E-state index in [9.17, 15) is 0 Å². The zero-order chi connectivity index (χ0) is 10.3. The van der Waals surface area contributed by atoms with Gasteiger partial charge in [-0.05, 0) is 37.2 Å². The van der Waals surface area contributed by atoms with Gasteiger partial charge in [0.15, 0.2) is 0 Å². The van der Waals surface area contributed by atoms with Crippen molar-refractivity contribution in [2.24, 2.45) is 18.7 Å². The molecule has 1 aliphatic rings. The molecule has 14 heavy (non-hydrogen) atoms. The molecule has 1 aromatic heterocycles. The molecule has 3 unspecified atom stereocenters. The second-order valence-electron chi connectivity index (χ2n) is 4.55. The number of hydrogen-bond donors (Lipinski definition) is 1. The third-order valence-corrected chi connectivity index (χ3v) is 3.57. The minimum Gasteiger partial charge on any atom is -0.327 e. The van der Waals surface area contributed by atoms with Crippen molar-refractivity contribution >= 4 is 0 Å². The zero-order valence-electron chi connectivity index (χ0n) is 9.20. The minimum absolute atomic E-state index is 0.375.